The Hall–Kier alpha value is -2.36. The van der Waals surface area contributed by atoms with Crippen molar-refractivity contribution in [2.75, 3.05) is 5.32 Å². The molecule has 0 spiro atoms. The molecule has 0 aliphatic carbocycles. The van der Waals surface area contributed by atoms with Crippen LogP contribution >= 0.6 is 0 Å². The van der Waals surface area contributed by atoms with Crippen molar-refractivity contribution in [1.82, 2.24) is 0 Å². The highest BCUT2D eigenvalue weighted by molar-refractivity contribution is 5.94. The average Bonchev–Trinajstić information content (AvgIpc) is 2.40. The second kappa shape index (κ2) is 6.00. The van der Waals surface area contributed by atoms with Crippen molar-refractivity contribution in [2.24, 2.45) is 0 Å². The highest BCUT2D eigenvalue weighted by Crippen LogP contribution is 2.13. The Labute approximate surface area is 111 Å². The molecule has 2 aromatic carbocycles. The lowest BCUT2D eigenvalue weighted by atomic mass is 10.3. The van der Waals surface area contributed by atoms with E-state index in [-0.39, 0.29) is 5.91 Å². The van der Waals surface area contributed by atoms with Gasteiger partial charge in [-0.15, -0.1) is 0 Å². The van der Waals surface area contributed by atoms with E-state index in [9.17, 15) is 9.18 Å². The fourth-order valence-corrected chi connectivity index (χ4v) is 1.57. The van der Waals surface area contributed by atoms with Gasteiger partial charge in [0.05, 0.1) is 0 Å². The van der Waals surface area contributed by atoms with Crippen LogP contribution in [0.5, 0.6) is 5.75 Å². The molecule has 2 rings (SSSR count). The molecule has 0 aromatic heterocycles. The van der Waals surface area contributed by atoms with Gasteiger partial charge in [0, 0.05) is 5.69 Å². The molecule has 0 radical (unpaired) electrons. The number of carbonyl (C=O) groups excluding carboxylic acids is 1. The Morgan fingerprint density at radius 1 is 1.16 bits per heavy atom. The van der Waals surface area contributed by atoms with Crippen LogP contribution in [0.2, 0.25) is 0 Å². The van der Waals surface area contributed by atoms with Crippen LogP contribution in [0.25, 0.3) is 0 Å². The Morgan fingerprint density at radius 3 is 2.58 bits per heavy atom. The summed E-state index contributed by atoms with van der Waals surface area (Å²) in [5.74, 6) is -0.103. The zero-order chi connectivity index (χ0) is 13.7. The van der Waals surface area contributed by atoms with Crippen LogP contribution in [0.3, 0.4) is 0 Å². The van der Waals surface area contributed by atoms with Crippen molar-refractivity contribution in [2.45, 2.75) is 13.0 Å². The van der Waals surface area contributed by atoms with E-state index in [0.29, 0.717) is 11.4 Å². The number of ether oxygens (including phenoxy) is 1. The fourth-order valence-electron chi connectivity index (χ4n) is 1.57. The third-order valence-corrected chi connectivity index (χ3v) is 2.52. The molecule has 0 aliphatic rings. The molecule has 98 valence electrons. The number of para-hydroxylation sites is 1. The number of benzene rings is 2. The van der Waals surface area contributed by atoms with Crippen LogP contribution in [0, 0.1) is 5.82 Å². The third-order valence-electron chi connectivity index (χ3n) is 2.52. The molecule has 0 unspecified atom stereocenters. The van der Waals surface area contributed by atoms with Gasteiger partial charge in [0.1, 0.15) is 11.6 Å². The summed E-state index contributed by atoms with van der Waals surface area (Å²) in [6, 6.07) is 14.8. The van der Waals surface area contributed by atoms with Gasteiger partial charge in [0.2, 0.25) is 0 Å². The second-order valence-corrected chi connectivity index (χ2v) is 4.07. The number of rotatable bonds is 4. The summed E-state index contributed by atoms with van der Waals surface area (Å²) in [4.78, 5) is 11.9. The predicted octanol–water partition coefficient (Wildman–Crippen LogP) is 3.23. The summed E-state index contributed by atoms with van der Waals surface area (Å²) in [5.41, 5.74) is 0.411. The molecule has 0 heterocycles. The predicted molar refractivity (Wildman–Crippen MR) is 71.6 cm³/mol. The van der Waals surface area contributed by atoms with Crippen molar-refractivity contribution >= 4 is 11.6 Å². The lowest BCUT2D eigenvalue weighted by Crippen LogP contribution is -2.30. The van der Waals surface area contributed by atoms with Gasteiger partial charge >= 0.3 is 0 Å². The molecule has 0 bridgehead atoms. The quantitative estimate of drug-likeness (QED) is 0.915. The molecule has 1 atom stereocenters. The molecule has 0 saturated heterocycles. The first-order valence-electron chi connectivity index (χ1n) is 5.93. The van der Waals surface area contributed by atoms with Crippen LogP contribution in [-0.4, -0.2) is 12.0 Å². The second-order valence-electron chi connectivity index (χ2n) is 4.07. The lowest BCUT2D eigenvalue weighted by molar-refractivity contribution is -0.122. The normalized spacial score (nSPS) is 11.7. The molecule has 0 aliphatic heterocycles. The summed E-state index contributed by atoms with van der Waals surface area (Å²) >= 11 is 0. The number of hydrogen-bond donors (Lipinski definition) is 1. The van der Waals surface area contributed by atoms with Gasteiger partial charge in [-0.05, 0) is 37.3 Å². The fraction of sp³-hybridized carbons (Fsp3) is 0.133. The third kappa shape index (κ3) is 3.81. The molecule has 0 fully saturated rings. The molecule has 1 amide bonds. The maximum atomic E-state index is 13.0. The minimum atomic E-state index is -0.661. The van der Waals surface area contributed by atoms with Crippen molar-refractivity contribution < 1.29 is 13.9 Å². The first kappa shape index (κ1) is 13.1. The monoisotopic (exact) mass is 259 g/mol. The van der Waals surface area contributed by atoms with Crippen molar-refractivity contribution in [3.05, 3.63) is 60.4 Å². The van der Waals surface area contributed by atoms with Gasteiger partial charge in [-0.1, -0.05) is 24.3 Å². The minimum absolute atomic E-state index is 0.325. The molecule has 4 heteroatoms. The smallest absolute Gasteiger partial charge is 0.265 e. The standard InChI is InChI=1S/C15H14FNO2/c1-11(19-14-8-3-2-4-9-14)15(18)17-13-7-5-6-12(16)10-13/h2-11H,1H3,(H,17,18)/t11-/m0/s1. The molecule has 19 heavy (non-hydrogen) atoms. The van der Waals surface area contributed by atoms with Gasteiger partial charge < -0.3 is 10.1 Å². The van der Waals surface area contributed by atoms with Crippen LogP contribution in [-0.2, 0) is 4.79 Å². The minimum Gasteiger partial charge on any atom is -0.481 e. The highest BCUT2D eigenvalue weighted by Gasteiger charge is 2.14. The molecule has 1 N–H and O–H groups in total. The van der Waals surface area contributed by atoms with Gasteiger partial charge in [0.15, 0.2) is 6.10 Å². The van der Waals surface area contributed by atoms with Crippen LogP contribution in [0.4, 0.5) is 10.1 Å². The highest BCUT2D eigenvalue weighted by atomic mass is 19.1. The first-order valence-corrected chi connectivity index (χ1v) is 5.93. The van der Waals surface area contributed by atoms with Gasteiger partial charge in [-0.2, -0.15) is 0 Å². The van der Waals surface area contributed by atoms with Crippen molar-refractivity contribution in [3.63, 3.8) is 0 Å². The van der Waals surface area contributed by atoms with Gasteiger partial charge in [-0.3, -0.25) is 4.79 Å². The number of carbonyl (C=O) groups is 1. The largest absolute Gasteiger partial charge is 0.481 e. The summed E-state index contributed by atoms with van der Waals surface area (Å²) in [7, 11) is 0. The maximum Gasteiger partial charge on any atom is 0.265 e. The van der Waals surface area contributed by atoms with Crippen molar-refractivity contribution in [3.8, 4) is 5.75 Å². The summed E-state index contributed by atoms with van der Waals surface area (Å²) in [5, 5.41) is 2.60. The van der Waals surface area contributed by atoms with Crippen molar-refractivity contribution in [1.29, 1.82) is 0 Å². The number of anilines is 1. The van der Waals surface area contributed by atoms with E-state index in [0.717, 1.165) is 0 Å². The zero-order valence-electron chi connectivity index (χ0n) is 10.5. The number of nitrogens with one attached hydrogen (secondary N) is 1. The van der Waals surface area contributed by atoms with Crippen LogP contribution in [0.1, 0.15) is 6.92 Å². The summed E-state index contributed by atoms with van der Waals surface area (Å²) in [6.45, 7) is 1.64. The Kier molecular flexibility index (Phi) is 4.13. The SMILES string of the molecule is C[C@H](Oc1ccccc1)C(=O)Nc1cccc(F)c1. The Morgan fingerprint density at radius 2 is 1.89 bits per heavy atom. The topological polar surface area (TPSA) is 38.3 Å². The number of amides is 1. The Balaban J connectivity index is 1.96. The van der Waals surface area contributed by atoms with E-state index < -0.39 is 11.9 Å². The van der Waals surface area contributed by atoms with E-state index in [1.165, 1.54) is 18.2 Å². The van der Waals surface area contributed by atoms with E-state index in [1.807, 2.05) is 18.2 Å². The maximum absolute atomic E-state index is 13.0. The summed E-state index contributed by atoms with van der Waals surface area (Å²) in [6.07, 6.45) is -0.661. The average molecular weight is 259 g/mol. The molecule has 0 saturated carbocycles. The molecular formula is C15H14FNO2. The van der Waals surface area contributed by atoms with Crippen LogP contribution < -0.4 is 10.1 Å². The van der Waals surface area contributed by atoms with E-state index in [2.05, 4.69) is 5.32 Å². The Bertz CT molecular complexity index is 557. The number of hydrogen-bond acceptors (Lipinski definition) is 2. The van der Waals surface area contributed by atoms with Crippen LogP contribution in [0.15, 0.2) is 54.6 Å². The first-order chi connectivity index (χ1) is 9.15. The van der Waals surface area contributed by atoms with E-state index in [1.54, 1.807) is 25.1 Å². The van der Waals surface area contributed by atoms with E-state index in [4.69, 9.17) is 4.74 Å². The molecule has 3 nitrogen and oxygen atoms in total. The number of halogens is 1. The van der Waals surface area contributed by atoms with Gasteiger partial charge in [0.25, 0.3) is 5.91 Å². The molecule has 2 aromatic rings. The molecular weight excluding hydrogens is 245 g/mol. The van der Waals surface area contributed by atoms with E-state index >= 15 is 0 Å². The lowest BCUT2D eigenvalue weighted by Gasteiger charge is -2.14. The summed E-state index contributed by atoms with van der Waals surface area (Å²) < 4.78 is 18.5. The zero-order valence-corrected chi connectivity index (χ0v) is 10.5. The van der Waals surface area contributed by atoms with Gasteiger partial charge in [-0.25, -0.2) is 4.39 Å².